The molecule has 4 rings (SSSR count). The molecule has 1 saturated heterocycles. The maximum absolute atomic E-state index is 12.3. The number of benzene rings is 2. The van der Waals surface area contributed by atoms with Gasteiger partial charge in [-0.25, -0.2) is 0 Å². The first-order chi connectivity index (χ1) is 14.7. The van der Waals surface area contributed by atoms with E-state index in [1.54, 1.807) is 0 Å². The number of hydrogen-bond acceptors (Lipinski definition) is 4. The van der Waals surface area contributed by atoms with Crippen LogP contribution in [0.2, 0.25) is 0 Å². The van der Waals surface area contributed by atoms with Gasteiger partial charge in [0.1, 0.15) is 0 Å². The predicted octanol–water partition coefficient (Wildman–Crippen LogP) is 2.89. The Labute approximate surface area is 177 Å². The monoisotopic (exact) mass is 402 g/mol. The van der Waals surface area contributed by atoms with Gasteiger partial charge in [-0.05, 0) is 23.3 Å². The molecule has 3 aromatic rings. The lowest BCUT2D eigenvalue weighted by Crippen LogP contribution is -2.45. The fourth-order valence-electron chi connectivity index (χ4n) is 3.67. The number of anilines is 1. The summed E-state index contributed by atoms with van der Waals surface area (Å²) in [5.74, 6) is -0.224. The van der Waals surface area contributed by atoms with E-state index in [0.29, 0.717) is 10.3 Å². The van der Waals surface area contributed by atoms with Gasteiger partial charge in [0, 0.05) is 57.1 Å². The number of rotatable bonds is 6. The summed E-state index contributed by atoms with van der Waals surface area (Å²) in [5.41, 5.74) is 3.80. The van der Waals surface area contributed by atoms with Gasteiger partial charge in [-0.1, -0.05) is 42.5 Å². The van der Waals surface area contributed by atoms with Crippen LogP contribution in [-0.2, 0) is 13.1 Å². The summed E-state index contributed by atoms with van der Waals surface area (Å²) in [6.45, 7) is 6.18. The lowest BCUT2D eigenvalue weighted by atomic mass is 10.1. The Balaban J connectivity index is 1.25. The predicted molar refractivity (Wildman–Crippen MR) is 117 cm³/mol. The molecule has 0 aliphatic carbocycles. The van der Waals surface area contributed by atoms with Crippen LogP contribution >= 0.6 is 0 Å². The van der Waals surface area contributed by atoms with Crippen LogP contribution in [0, 0.1) is 5.21 Å². The molecule has 1 aliphatic rings. The molecule has 30 heavy (non-hydrogen) atoms. The first kappa shape index (κ1) is 20.1. The quantitative estimate of drug-likeness (QED) is 0.509. The highest BCUT2D eigenvalue weighted by molar-refractivity contribution is 6.04. The van der Waals surface area contributed by atoms with Gasteiger partial charge in [-0.2, -0.15) is 4.73 Å². The molecule has 6 heteroatoms. The van der Waals surface area contributed by atoms with Gasteiger partial charge < -0.3 is 10.5 Å². The Kier molecular flexibility index (Phi) is 6.37. The van der Waals surface area contributed by atoms with E-state index in [1.807, 2.05) is 12.1 Å². The summed E-state index contributed by atoms with van der Waals surface area (Å²) in [6.07, 6.45) is 2.63. The second-order valence-electron chi connectivity index (χ2n) is 7.64. The fraction of sp³-hybridized carbons (Fsp3) is 0.250. The Morgan fingerprint density at radius 3 is 1.90 bits per heavy atom. The Morgan fingerprint density at radius 1 is 0.800 bits per heavy atom. The third-order valence-corrected chi connectivity index (χ3v) is 5.40. The van der Waals surface area contributed by atoms with Gasteiger partial charge in [0.2, 0.25) is 0 Å². The number of piperazine rings is 1. The van der Waals surface area contributed by atoms with Crippen LogP contribution in [0.25, 0.3) is 0 Å². The number of nitrogens with zero attached hydrogens (tertiary/aromatic N) is 3. The summed E-state index contributed by atoms with van der Waals surface area (Å²) in [6, 6.07) is 21.6. The molecule has 0 saturated carbocycles. The summed E-state index contributed by atoms with van der Waals surface area (Å²) < 4.78 is 0.660. The van der Waals surface area contributed by atoms with Crippen molar-refractivity contribution < 1.29 is 9.52 Å². The zero-order valence-corrected chi connectivity index (χ0v) is 16.9. The number of pyridine rings is 1. The topological polar surface area (TPSA) is 62.5 Å². The van der Waals surface area contributed by atoms with Gasteiger partial charge in [-0.15, -0.1) is 0 Å². The second-order valence-corrected chi connectivity index (χ2v) is 7.64. The first-order valence-electron chi connectivity index (χ1n) is 10.2. The molecule has 0 unspecified atom stereocenters. The van der Waals surface area contributed by atoms with Crippen LogP contribution in [0.1, 0.15) is 21.5 Å². The molecule has 0 spiro atoms. The SMILES string of the molecule is O=C(Nc1ccc(CN2CCN(Cc3ccccc3)CC2)cc1)c1cc[n+]([O-])cc1. The van der Waals surface area contributed by atoms with Crippen molar-refractivity contribution in [1.29, 1.82) is 0 Å². The van der Waals surface area contributed by atoms with E-state index in [-0.39, 0.29) is 5.91 Å². The second kappa shape index (κ2) is 9.52. The zero-order valence-electron chi connectivity index (χ0n) is 16.9. The van der Waals surface area contributed by atoms with Crippen molar-refractivity contribution in [2.45, 2.75) is 13.1 Å². The molecule has 6 nitrogen and oxygen atoms in total. The molecular formula is C24H26N4O2. The molecule has 1 N–H and O–H groups in total. The highest BCUT2D eigenvalue weighted by atomic mass is 16.5. The maximum atomic E-state index is 12.3. The minimum absolute atomic E-state index is 0.224. The molecule has 1 amide bonds. The Hall–Kier alpha value is -3.22. The van der Waals surface area contributed by atoms with Crippen LogP contribution in [-0.4, -0.2) is 41.9 Å². The molecule has 1 fully saturated rings. The van der Waals surface area contributed by atoms with Crippen LogP contribution in [0.15, 0.2) is 79.1 Å². The van der Waals surface area contributed by atoms with Crippen molar-refractivity contribution in [3.8, 4) is 0 Å². The molecule has 0 radical (unpaired) electrons. The van der Waals surface area contributed by atoms with Crippen molar-refractivity contribution in [1.82, 2.24) is 9.80 Å². The van der Waals surface area contributed by atoms with E-state index in [1.165, 1.54) is 35.7 Å². The largest absolute Gasteiger partial charge is 0.619 e. The minimum Gasteiger partial charge on any atom is -0.619 e. The van der Waals surface area contributed by atoms with Crippen molar-refractivity contribution >= 4 is 11.6 Å². The molecule has 2 heterocycles. The van der Waals surface area contributed by atoms with Crippen LogP contribution in [0.3, 0.4) is 0 Å². The third kappa shape index (κ3) is 5.43. The fourth-order valence-corrected chi connectivity index (χ4v) is 3.67. The lowest BCUT2D eigenvalue weighted by Gasteiger charge is -2.34. The van der Waals surface area contributed by atoms with Crippen LogP contribution in [0.4, 0.5) is 5.69 Å². The number of amides is 1. The number of carbonyl (C=O) groups excluding carboxylic acids is 1. The smallest absolute Gasteiger partial charge is 0.256 e. The zero-order chi connectivity index (χ0) is 20.8. The van der Waals surface area contributed by atoms with Crippen LogP contribution < -0.4 is 10.0 Å². The number of aromatic nitrogens is 1. The maximum Gasteiger partial charge on any atom is 0.256 e. The molecule has 154 valence electrons. The lowest BCUT2D eigenvalue weighted by molar-refractivity contribution is -0.605. The van der Waals surface area contributed by atoms with Crippen LogP contribution in [0.5, 0.6) is 0 Å². The summed E-state index contributed by atoms with van der Waals surface area (Å²) in [7, 11) is 0. The molecule has 0 bridgehead atoms. The number of carbonyl (C=O) groups is 1. The number of hydrogen-bond donors (Lipinski definition) is 1. The van der Waals surface area contributed by atoms with Crippen molar-refractivity contribution in [3.05, 3.63) is 101 Å². The van der Waals surface area contributed by atoms with Gasteiger partial charge in [0.25, 0.3) is 5.91 Å². The first-order valence-corrected chi connectivity index (χ1v) is 10.2. The van der Waals surface area contributed by atoms with Gasteiger partial charge >= 0.3 is 0 Å². The highest BCUT2D eigenvalue weighted by Gasteiger charge is 2.17. The van der Waals surface area contributed by atoms with E-state index in [4.69, 9.17) is 0 Å². The average Bonchev–Trinajstić information content (AvgIpc) is 2.78. The number of nitrogens with one attached hydrogen (secondary N) is 1. The van der Waals surface area contributed by atoms with Gasteiger partial charge in [0.15, 0.2) is 12.4 Å². The Bertz CT molecular complexity index is 951. The molecule has 1 aromatic heterocycles. The third-order valence-electron chi connectivity index (χ3n) is 5.40. The summed E-state index contributed by atoms with van der Waals surface area (Å²) in [4.78, 5) is 17.2. The normalized spacial score (nSPS) is 15.1. The van der Waals surface area contributed by atoms with Crippen molar-refractivity contribution in [3.63, 3.8) is 0 Å². The molecule has 2 aromatic carbocycles. The highest BCUT2D eigenvalue weighted by Crippen LogP contribution is 2.15. The summed E-state index contributed by atoms with van der Waals surface area (Å²) >= 11 is 0. The van der Waals surface area contributed by atoms with Gasteiger partial charge in [-0.3, -0.25) is 14.6 Å². The minimum atomic E-state index is -0.224. The molecule has 0 atom stereocenters. The molecular weight excluding hydrogens is 376 g/mol. The summed E-state index contributed by atoms with van der Waals surface area (Å²) in [5, 5.41) is 13.9. The van der Waals surface area contributed by atoms with Crippen molar-refractivity contribution in [2.75, 3.05) is 31.5 Å². The standard InChI is InChI=1S/C24H26N4O2/c29-24(22-10-12-28(30)13-11-22)25-23-8-6-21(7-9-23)19-27-16-14-26(15-17-27)18-20-4-2-1-3-5-20/h1-13H,14-19H2,(H,25,29). The molecule has 1 aliphatic heterocycles. The van der Waals surface area contributed by atoms with Crippen molar-refractivity contribution in [2.24, 2.45) is 0 Å². The van der Waals surface area contributed by atoms with E-state index >= 15 is 0 Å². The van der Waals surface area contributed by atoms with E-state index in [9.17, 15) is 10.0 Å². The van der Waals surface area contributed by atoms with Gasteiger partial charge in [0.05, 0.1) is 5.56 Å². The van der Waals surface area contributed by atoms with E-state index in [0.717, 1.165) is 45.0 Å². The van der Waals surface area contributed by atoms with E-state index < -0.39 is 0 Å². The van der Waals surface area contributed by atoms with E-state index in [2.05, 4.69) is 57.6 Å². The Morgan fingerprint density at radius 2 is 1.33 bits per heavy atom. The average molecular weight is 402 g/mol.